The van der Waals surface area contributed by atoms with E-state index in [1.807, 2.05) is 64.9 Å². The number of hydrogen-bond donors (Lipinski definition) is 0. The molecule has 2 amide bonds. The Morgan fingerprint density at radius 3 is 2.30 bits per heavy atom. The zero-order valence-corrected chi connectivity index (χ0v) is 24.9. The molecule has 0 spiro atoms. The molecular weight excluding hydrogens is 520 g/mol. The summed E-state index contributed by atoms with van der Waals surface area (Å²) in [5, 5.41) is 2.01. The molecule has 0 saturated heterocycles. The number of aryl methyl sites for hydroxylation is 1. The number of benzene rings is 2. The van der Waals surface area contributed by atoms with Gasteiger partial charge in [-0.15, -0.1) is 17.9 Å². The van der Waals surface area contributed by atoms with Crippen molar-refractivity contribution in [2.45, 2.75) is 52.0 Å². The first-order valence-corrected chi connectivity index (χ1v) is 14.9. The van der Waals surface area contributed by atoms with Crippen LogP contribution in [0.3, 0.4) is 0 Å². The standard InChI is InChI=1S/C33H42N2O4S/c1-5-7-8-9-11-26-13-16-28(17-14-26)33(37)35(20-6-2)25-32(36)34(24-29-12-10-22-40-29)21-19-27-15-18-30(38-3)31(23-27)39-4/h6,10,12-18,22-23H,2,5,7-9,11,19-21,24-25H2,1,3-4H3. The zero-order chi connectivity index (χ0) is 28.7. The Morgan fingerprint density at radius 2 is 1.65 bits per heavy atom. The highest BCUT2D eigenvalue weighted by atomic mass is 32.1. The van der Waals surface area contributed by atoms with Gasteiger partial charge in [0.1, 0.15) is 6.54 Å². The van der Waals surface area contributed by atoms with Crippen molar-refractivity contribution in [3.8, 4) is 11.5 Å². The number of hydrogen-bond acceptors (Lipinski definition) is 5. The van der Waals surface area contributed by atoms with Gasteiger partial charge in [0.2, 0.25) is 5.91 Å². The minimum Gasteiger partial charge on any atom is -0.493 e. The van der Waals surface area contributed by atoms with Gasteiger partial charge < -0.3 is 19.3 Å². The third-order valence-corrected chi connectivity index (χ3v) is 7.74. The summed E-state index contributed by atoms with van der Waals surface area (Å²) < 4.78 is 10.8. The Kier molecular flexibility index (Phi) is 12.8. The first kappa shape index (κ1) is 31.0. The molecule has 6 nitrogen and oxygen atoms in total. The fourth-order valence-corrected chi connectivity index (χ4v) is 5.29. The maximum absolute atomic E-state index is 13.6. The molecule has 0 bridgehead atoms. The zero-order valence-electron chi connectivity index (χ0n) is 24.1. The second kappa shape index (κ2) is 16.5. The molecule has 1 heterocycles. The number of amides is 2. The highest BCUT2D eigenvalue weighted by molar-refractivity contribution is 7.09. The summed E-state index contributed by atoms with van der Waals surface area (Å²) in [6.45, 7) is 7.31. The van der Waals surface area contributed by atoms with Crippen molar-refractivity contribution in [2.24, 2.45) is 0 Å². The molecular formula is C33H42N2O4S. The number of carbonyl (C=O) groups is 2. The van der Waals surface area contributed by atoms with Crippen LogP contribution in [0.1, 0.15) is 59.0 Å². The van der Waals surface area contributed by atoms with Crippen molar-refractivity contribution >= 4 is 23.2 Å². The summed E-state index contributed by atoms with van der Waals surface area (Å²) in [4.78, 5) is 31.5. The summed E-state index contributed by atoms with van der Waals surface area (Å²) in [7, 11) is 3.22. The van der Waals surface area contributed by atoms with Crippen molar-refractivity contribution in [3.63, 3.8) is 0 Å². The maximum Gasteiger partial charge on any atom is 0.254 e. The highest BCUT2D eigenvalue weighted by Crippen LogP contribution is 2.28. The molecule has 0 fully saturated rings. The number of rotatable bonds is 17. The number of carbonyl (C=O) groups excluding carboxylic acids is 2. The molecule has 0 saturated carbocycles. The van der Waals surface area contributed by atoms with Gasteiger partial charge in [0.05, 0.1) is 20.8 Å². The van der Waals surface area contributed by atoms with Crippen LogP contribution in [-0.4, -0.2) is 55.5 Å². The quantitative estimate of drug-likeness (QED) is 0.134. The van der Waals surface area contributed by atoms with Crippen LogP contribution in [0.5, 0.6) is 11.5 Å². The second-order valence-electron chi connectivity index (χ2n) is 9.82. The average Bonchev–Trinajstić information content (AvgIpc) is 3.50. The largest absolute Gasteiger partial charge is 0.493 e. The fraction of sp³-hybridized carbons (Fsp3) is 0.394. The predicted octanol–water partition coefficient (Wildman–Crippen LogP) is 6.79. The van der Waals surface area contributed by atoms with E-state index in [1.165, 1.54) is 24.8 Å². The van der Waals surface area contributed by atoms with Crippen LogP contribution in [0, 0.1) is 0 Å². The minimum absolute atomic E-state index is 0.0130. The van der Waals surface area contributed by atoms with Crippen molar-refractivity contribution < 1.29 is 19.1 Å². The molecule has 2 aromatic carbocycles. The van der Waals surface area contributed by atoms with Crippen molar-refractivity contribution in [1.82, 2.24) is 9.80 Å². The van der Waals surface area contributed by atoms with Gasteiger partial charge in [0.25, 0.3) is 5.91 Å². The van der Waals surface area contributed by atoms with E-state index in [1.54, 1.807) is 36.5 Å². The monoisotopic (exact) mass is 562 g/mol. The molecule has 0 aliphatic rings. The molecule has 7 heteroatoms. The van der Waals surface area contributed by atoms with E-state index >= 15 is 0 Å². The molecule has 214 valence electrons. The van der Waals surface area contributed by atoms with E-state index in [2.05, 4.69) is 13.5 Å². The van der Waals surface area contributed by atoms with Gasteiger partial charge in [-0.1, -0.05) is 56.5 Å². The third-order valence-electron chi connectivity index (χ3n) is 6.88. The molecule has 1 aromatic heterocycles. The Bertz CT molecular complexity index is 1210. The Morgan fingerprint density at radius 1 is 0.900 bits per heavy atom. The second-order valence-corrected chi connectivity index (χ2v) is 10.8. The SMILES string of the molecule is C=CCN(CC(=O)N(CCc1ccc(OC)c(OC)c1)Cc1cccs1)C(=O)c1ccc(CCCCCC)cc1. The van der Waals surface area contributed by atoms with Crippen LogP contribution in [0.15, 0.2) is 72.6 Å². The summed E-state index contributed by atoms with van der Waals surface area (Å²) in [6.07, 6.45) is 8.17. The number of methoxy groups -OCH3 is 2. The lowest BCUT2D eigenvalue weighted by molar-refractivity contribution is -0.132. The number of thiophene rings is 1. The van der Waals surface area contributed by atoms with Gasteiger partial charge in [-0.3, -0.25) is 9.59 Å². The van der Waals surface area contributed by atoms with Crippen LogP contribution in [0.4, 0.5) is 0 Å². The molecule has 0 aliphatic heterocycles. The molecule has 0 N–H and O–H groups in total. The number of unbranched alkanes of at least 4 members (excludes halogenated alkanes) is 3. The molecule has 3 aromatic rings. The Labute approximate surface area is 243 Å². The van der Waals surface area contributed by atoms with Crippen molar-refractivity contribution in [3.05, 3.63) is 94.2 Å². The summed E-state index contributed by atoms with van der Waals surface area (Å²) in [5.41, 5.74) is 2.86. The van der Waals surface area contributed by atoms with E-state index < -0.39 is 0 Å². The van der Waals surface area contributed by atoms with Gasteiger partial charge in [-0.2, -0.15) is 0 Å². The first-order valence-electron chi connectivity index (χ1n) is 14.0. The Hall–Kier alpha value is -3.58. The molecule has 0 radical (unpaired) electrons. The topological polar surface area (TPSA) is 59.1 Å². The van der Waals surface area contributed by atoms with Crippen molar-refractivity contribution in [1.29, 1.82) is 0 Å². The maximum atomic E-state index is 13.6. The van der Waals surface area contributed by atoms with Crippen LogP contribution < -0.4 is 9.47 Å². The van der Waals surface area contributed by atoms with Gasteiger partial charge in [-0.25, -0.2) is 0 Å². The normalized spacial score (nSPS) is 10.7. The number of ether oxygens (including phenoxy) is 2. The lowest BCUT2D eigenvalue weighted by Gasteiger charge is -2.27. The third kappa shape index (κ3) is 9.26. The van der Waals surface area contributed by atoms with Crippen LogP contribution in [0.2, 0.25) is 0 Å². The fourth-order valence-electron chi connectivity index (χ4n) is 4.57. The van der Waals surface area contributed by atoms with Crippen LogP contribution in [0.25, 0.3) is 0 Å². The van der Waals surface area contributed by atoms with Crippen LogP contribution >= 0.6 is 11.3 Å². The predicted molar refractivity (Wildman–Crippen MR) is 163 cm³/mol. The molecule has 3 rings (SSSR count). The van der Waals surface area contributed by atoms with E-state index in [4.69, 9.17) is 9.47 Å². The summed E-state index contributed by atoms with van der Waals surface area (Å²) in [5.74, 6) is 1.06. The van der Waals surface area contributed by atoms with Crippen LogP contribution in [-0.2, 0) is 24.2 Å². The van der Waals surface area contributed by atoms with Gasteiger partial charge in [0.15, 0.2) is 11.5 Å². The average molecular weight is 563 g/mol. The van der Waals surface area contributed by atoms with E-state index in [0.29, 0.717) is 43.1 Å². The Balaban J connectivity index is 1.69. The van der Waals surface area contributed by atoms with Gasteiger partial charge in [0, 0.05) is 23.5 Å². The smallest absolute Gasteiger partial charge is 0.254 e. The van der Waals surface area contributed by atoms with E-state index in [9.17, 15) is 9.59 Å². The van der Waals surface area contributed by atoms with E-state index in [0.717, 1.165) is 23.3 Å². The first-order chi connectivity index (χ1) is 19.5. The lowest BCUT2D eigenvalue weighted by atomic mass is 10.0. The molecule has 0 unspecified atom stereocenters. The number of nitrogens with zero attached hydrogens (tertiary/aromatic N) is 2. The minimum atomic E-state index is -0.165. The van der Waals surface area contributed by atoms with Gasteiger partial charge >= 0.3 is 0 Å². The highest BCUT2D eigenvalue weighted by Gasteiger charge is 2.22. The van der Waals surface area contributed by atoms with Gasteiger partial charge in [-0.05, 0) is 66.1 Å². The van der Waals surface area contributed by atoms with E-state index in [-0.39, 0.29) is 18.4 Å². The summed E-state index contributed by atoms with van der Waals surface area (Å²) in [6, 6.07) is 17.6. The lowest BCUT2D eigenvalue weighted by Crippen LogP contribution is -2.43. The molecule has 0 aliphatic carbocycles. The summed E-state index contributed by atoms with van der Waals surface area (Å²) >= 11 is 1.62. The molecule has 40 heavy (non-hydrogen) atoms. The van der Waals surface area contributed by atoms with Crippen molar-refractivity contribution in [2.75, 3.05) is 33.9 Å². The molecule has 0 atom stereocenters.